The molecule has 140 valence electrons. The predicted molar refractivity (Wildman–Crippen MR) is 105 cm³/mol. The number of carbonyl (C=O) groups is 1. The molecule has 0 aliphatic carbocycles. The van der Waals surface area contributed by atoms with Crippen LogP contribution in [0.15, 0.2) is 18.2 Å². The van der Waals surface area contributed by atoms with Crippen LogP contribution in [0.5, 0.6) is 5.75 Å². The smallest absolute Gasteiger partial charge is 0.308 e. The molecule has 4 atom stereocenters. The van der Waals surface area contributed by atoms with E-state index in [1.807, 2.05) is 18.2 Å². The van der Waals surface area contributed by atoms with Gasteiger partial charge in [-0.1, -0.05) is 27.2 Å². The van der Waals surface area contributed by atoms with Crippen LogP contribution >= 0.6 is 0 Å². The van der Waals surface area contributed by atoms with Crippen molar-refractivity contribution < 1.29 is 9.53 Å². The molecule has 1 N–H and O–H groups in total. The Labute approximate surface area is 155 Å². The number of hydrogen-bond acceptors (Lipinski definition) is 3. The normalized spacial score (nSPS) is 29.1. The lowest BCUT2D eigenvalue weighted by Crippen LogP contribution is -2.50. The van der Waals surface area contributed by atoms with Gasteiger partial charge in [-0.15, -0.1) is 0 Å². The van der Waals surface area contributed by atoms with Crippen molar-refractivity contribution >= 4 is 16.9 Å². The second kappa shape index (κ2) is 6.73. The molecule has 4 nitrogen and oxygen atoms in total. The molecule has 1 unspecified atom stereocenters. The second-order valence-electron chi connectivity index (χ2n) is 8.35. The number of nitrogens with zero attached hydrogens (tertiary/aromatic N) is 1. The quantitative estimate of drug-likeness (QED) is 0.638. The van der Waals surface area contributed by atoms with Crippen molar-refractivity contribution in [3.8, 4) is 5.75 Å². The Hall–Kier alpha value is -1.81. The molecular formula is C22H30N2O2. The van der Waals surface area contributed by atoms with E-state index in [2.05, 4.69) is 30.7 Å². The highest BCUT2D eigenvalue weighted by Gasteiger charge is 2.40. The van der Waals surface area contributed by atoms with Gasteiger partial charge in [0.25, 0.3) is 0 Å². The number of esters is 1. The molecule has 2 aliphatic heterocycles. The topological polar surface area (TPSA) is 45.3 Å². The highest BCUT2D eigenvalue weighted by Crippen LogP contribution is 2.42. The van der Waals surface area contributed by atoms with Gasteiger partial charge in [0.05, 0.1) is 0 Å². The summed E-state index contributed by atoms with van der Waals surface area (Å²) in [5, 5.41) is 1.21. The lowest BCUT2D eigenvalue weighted by molar-refractivity contribution is -0.131. The van der Waals surface area contributed by atoms with E-state index in [1.54, 1.807) is 0 Å². The number of aromatic nitrogens is 1. The van der Waals surface area contributed by atoms with Crippen molar-refractivity contribution in [2.75, 3.05) is 13.1 Å². The molecule has 1 aromatic heterocycles. The summed E-state index contributed by atoms with van der Waals surface area (Å²) in [6.45, 7) is 10.9. The Bertz CT molecular complexity index is 825. The number of H-pyrrole nitrogens is 1. The molecule has 26 heavy (non-hydrogen) atoms. The van der Waals surface area contributed by atoms with Gasteiger partial charge >= 0.3 is 5.97 Å². The SMILES string of the molecule is CC[C@H]1C[C@@H](C)CN2CCc3c([nH]c4ccc(OC(C)=O)cc34)[C@H](C)C12. The van der Waals surface area contributed by atoms with E-state index in [0.717, 1.165) is 30.3 Å². The van der Waals surface area contributed by atoms with Crippen LogP contribution in [0.25, 0.3) is 10.9 Å². The number of hydrogen-bond donors (Lipinski definition) is 1. The zero-order chi connectivity index (χ0) is 18.4. The molecule has 4 heteroatoms. The van der Waals surface area contributed by atoms with E-state index in [9.17, 15) is 4.79 Å². The van der Waals surface area contributed by atoms with Gasteiger partial charge in [0.1, 0.15) is 5.75 Å². The first-order valence-corrected chi connectivity index (χ1v) is 10.0. The van der Waals surface area contributed by atoms with Crippen LogP contribution in [0, 0.1) is 11.8 Å². The summed E-state index contributed by atoms with van der Waals surface area (Å²) in [5.74, 6) is 2.42. The van der Waals surface area contributed by atoms with Crippen molar-refractivity contribution in [2.24, 2.45) is 11.8 Å². The van der Waals surface area contributed by atoms with Gasteiger partial charge in [-0.05, 0) is 48.4 Å². The molecule has 2 aromatic rings. The molecule has 0 amide bonds. The molecule has 0 bridgehead atoms. The van der Waals surface area contributed by atoms with E-state index < -0.39 is 0 Å². The maximum absolute atomic E-state index is 11.3. The Balaban J connectivity index is 1.76. The number of piperidine rings is 1. The highest BCUT2D eigenvalue weighted by atomic mass is 16.5. The summed E-state index contributed by atoms with van der Waals surface area (Å²) >= 11 is 0. The van der Waals surface area contributed by atoms with Crippen LogP contribution in [0.1, 0.15) is 57.7 Å². The monoisotopic (exact) mass is 354 g/mol. The van der Waals surface area contributed by atoms with Gasteiger partial charge in [-0.2, -0.15) is 0 Å². The third-order valence-electron chi connectivity index (χ3n) is 6.47. The maximum atomic E-state index is 11.3. The predicted octanol–water partition coefficient (Wildman–Crippen LogP) is 4.49. The van der Waals surface area contributed by atoms with Gasteiger partial charge < -0.3 is 9.72 Å². The minimum Gasteiger partial charge on any atom is -0.427 e. The number of aromatic amines is 1. The molecule has 0 spiro atoms. The Morgan fingerprint density at radius 2 is 2.15 bits per heavy atom. The Morgan fingerprint density at radius 1 is 1.35 bits per heavy atom. The lowest BCUT2D eigenvalue weighted by atomic mass is 9.76. The fourth-order valence-electron chi connectivity index (χ4n) is 5.49. The van der Waals surface area contributed by atoms with Gasteiger partial charge in [-0.25, -0.2) is 0 Å². The summed E-state index contributed by atoms with van der Waals surface area (Å²) in [5.41, 5.74) is 3.96. The van der Waals surface area contributed by atoms with E-state index in [4.69, 9.17) is 4.74 Å². The number of ether oxygens (including phenoxy) is 1. The van der Waals surface area contributed by atoms with Crippen LogP contribution in [-0.2, 0) is 11.2 Å². The first kappa shape index (κ1) is 17.6. The van der Waals surface area contributed by atoms with Crippen LogP contribution in [0.3, 0.4) is 0 Å². The van der Waals surface area contributed by atoms with Gasteiger partial charge in [0.2, 0.25) is 0 Å². The second-order valence-corrected chi connectivity index (χ2v) is 8.35. The molecule has 1 saturated heterocycles. The standard InChI is InChI=1S/C22H30N2O2/c1-5-16-10-13(2)12-24-9-8-18-19-11-17(26-15(4)25)6-7-20(19)23-21(18)14(3)22(16)24/h6-7,11,13-14,16,22-23H,5,8-10,12H2,1-4H3/t13-,14+,16+,22?/m1/s1. The summed E-state index contributed by atoms with van der Waals surface area (Å²) in [6.07, 6.45) is 3.65. The van der Waals surface area contributed by atoms with Crippen molar-refractivity contribution in [1.29, 1.82) is 0 Å². The molecule has 1 aromatic carbocycles. The van der Waals surface area contributed by atoms with Crippen LogP contribution < -0.4 is 4.74 Å². The highest BCUT2D eigenvalue weighted by molar-refractivity contribution is 5.87. The summed E-state index contributed by atoms with van der Waals surface area (Å²) in [6, 6.07) is 6.59. The van der Waals surface area contributed by atoms with Crippen molar-refractivity contribution in [1.82, 2.24) is 9.88 Å². The first-order chi connectivity index (χ1) is 12.5. The zero-order valence-electron chi connectivity index (χ0n) is 16.3. The third kappa shape index (κ3) is 2.94. The van der Waals surface area contributed by atoms with E-state index in [-0.39, 0.29) is 5.97 Å². The average Bonchev–Trinajstić information content (AvgIpc) is 2.89. The van der Waals surface area contributed by atoms with Gasteiger partial charge in [0, 0.05) is 48.6 Å². The Morgan fingerprint density at radius 3 is 2.88 bits per heavy atom. The molecule has 1 fully saturated rings. The molecule has 2 aliphatic rings. The summed E-state index contributed by atoms with van der Waals surface area (Å²) in [7, 11) is 0. The number of benzene rings is 1. The van der Waals surface area contributed by atoms with E-state index in [1.165, 1.54) is 43.0 Å². The minimum absolute atomic E-state index is 0.267. The molecule has 0 radical (unpaired) electrons. The summed E-state index contributed by atoms with van der Waals surface area (Å²) in [4.78, 5) is 17.8. The summed E-state index contributed by atoms with van der Waals surface area (Å²) < 4.78 is 5.32. The third-order valence-corrected chi connectivity index (χ3v) is 6.47. The fourth-order valence-corrected chi connectivity index (χ4v) is 5.49. The minimum atomic E-state index is -0.267. The Kier molecular flexibility index (Phi) is 4.55. The van der Waals surface area contributed by atoms with E-state index >= 15 is 0 Å². The van der Waals surface area contributed by atoms with Crippen molar-refractivity contribution in [2.45, 2.75) is 58.9 Å². The van der Waals surface area contributed by atoms with Crippen molar-refractivity contribution in [3.63, 3.8) is 0 Å². The largest absolute Gasteiger partial charge is 0.427 e. The van der Waals surface area contributed by atoms with Gasteiger partial charge in [0.15, 0.2) is 0 Å². The van der Waals surface area contributed by atoms with E-state index in [0.29, 0.717) is 17.7 Å². The number of fused-ring (bicyclic) bond motifs is 4. The van der Waals surface area contributed by atoms with Crippen LogP contribution in [0.2, 0.25) is 0 Å². The molecule has 4 rings (SSSR count). The number of rotatable bonds is 2. The zero-order valence-corrected chi connectivity index (χ0v) is 16.3. The average molecular weight is 354 g/mol. The molecule has 3 heterocycles. The lowest BCUT2D eigenvalue weighted by Gasteiger charge is -2.45. The maximum Gasteiger partial charge on any atom is 0.308 e. The fraction of sp³-hybridized carbons (Fsp3) is 0.591. The number of carbonyl (C=O) groups excluding carboxylic acids is 1. The van der Waals surface area contributed by atoms with Crippen LogP contribution in [-0.4, -0.2) is 35.0 Å². The first-order valence-electron chi connectivity index (χ1n) is 10.0. The van der Waals surface area contributed by atoms with Crippen LogP contribution in [0.4, 0.5) is 0 Å². The number of nitrogens with one attached hydrogen (secondary N) is 1. The molecule has 0 saturated carbocycles. The van der Waals surface area contributed by atoms with Gasteiger partial charge in [-0.3, -0.25) is 9.69 Å². The molecular weight excluding hydrogens is 324 g/mol. The van der Waals surface area contributed by atoms with Crippen molar-refractivity contribution in [3.05, 3.63) is 29.5 Å².